The second-order valence-corrected chi connectivity index (χ2v) is 32.6. The van der Waals surface area contributed by atoms with Gasteiger partial charge in [-0.25, -0.2) is 9.13 Å². The molecule has 6 atom stereocenters. The van der Waals surface area contributed by atoms with Crippen LogP contribution in [0.5, 0.6) is 0 Å². The van der Waals surface area contributed by atoms with E-state index >= 15 is 0 Å². The smallest absolute Gasteiger partial charge is 0.462 e. The molecule has 0 aromatic rings. The van der Waals surface area contributed by atoms with Crippen LogP contribution in [0.25, 0.3) is 0 Å². The van der Waals surface area contributed by atoms with Crippen molar-refractivity contribution in [1.29, 1.82) is 0 Å². The third kappa shape index (κ3) is 71.1. The van der Waals surface area contributed by atoms with Crippen molar-refractivity contribution in [3.63, 3.8) is 0 Å². The summed E-state index contributed by atoms with van der Waals surface area (Å²) >= 11 is 0. The molecule has 17 nitrogen and oxygen atoms in total. The van der Waals surface area contributed by atoms with E-state index in [4.69, 9.17) is 37.0 Å². The Morgan fingerprint density at radius 3 is 0.776 bits per heavy atom. The van der Waals surface area contributed by atoms with Crippen molar-refractivity contribution >= 4 is 39.5 Å². The molecule has 582 valence electrons. The maximum Gasteiger partial charge on any atom is 0.472 e. The van der Waals surface area contributed by atoms with Crippen molar-refractivity contribution in [3.05, 3.63) is 0 Å². The Bertz CT molecular complexity index is 1910. The molecule has 0 aliphatic carbocycles. The first kappa shape index (κ1) is 96.1. The molecule has 98 heavy (non-hydrogen) atoms. The van der Waals surface area contributed by atoms with Crippen LogP contribution in [0, 0.1) is 17.8 Å². The van der Waals surface area contributed by atoms with Crippen LogP contribution < -0.4 is 0 Å². The zero-order valence-corrected chi connectivity index (χ0v) is 66.0. The van der Waals surface area contributed by atoms with Crippen LogP contribution in [0.3, 0.4) is 0 Å². The fourth-order valence-electron chi connectivity index (χ4n) is 12.1. The van der Waals surface area contributed by atoms with E-state index in [-0.39, 0.29) is 25.7 Å². The van der Waals surface area contributed by atoms with E-state index in [1.807, 2.05) is 0 Å². The molecule has 0 saturated heterocycles. The average molecular weight is 1440 g/mol. The van der Waals surface area contributed by atoms with Crippen molar-refractivity contribution in [2.24, 2.45) is 17.8 Å². The van der Waals surface area contributed by atoms with Gasteiger partial charge in [-0.05, 0) is 43.4 Å². The minimum atomic E-state index is -4.96. The van der Waals surface area contributed by atoms with Gasteiger partial charge in [-0.15, -0.1) is 0 Å². The summed E-state index contributed by atoms with van der Waals surface area (Å²) in [6.07, 6.45) is 57.0. The Kier molecular flexibility index (Phi) is 68.1. The second kappa shape index (κ2) is 69.4. The molecular weight excluding hydrogens is 1280 g/mol. The normalized spacial score (nSPS) is 14.3. The van der Waals surface area contributed by atoms with Crippen LogP contribution in [0.15, 0.2) is 0 Å². The Balaban J connectivity index is 5.24. The zero-order valence-electron chi connectivity index (χ0n) is 64.3. The van der Waals surface area contributed by atoms with Gasteiger partial charge >= 0.3 is 39.5 Å². The molecule has 0 saturated carbocycles. The van der Waals surface area contributed by atoms with Gasteiger partial charge in [0.1, 0.15) is 19.3 Å². The van der Waals surface area contributed by atoms with Crippen LogP contribution in [-0.4, -0.2) is 96.7 Å². The topological polar surface area (TPSA) is 237 Å². The minimum Gasteiger partial charge on any atom is -0.462 e. The van der Waals surface area contributed by atoms with Crippen molar-refractivity contribution in [1.82, 2.24) is 0 Å². The highest BCUT2D eigenvalue weighted by Gasteiger charge is 2.30. The lowest BCUT2D eigenvalue weighted by atomic mass is 9.99. The number of unbranched alkanes of at least 4 members (excludes halogenated alkanes) is 44. The van der Waals surface area contributed by atoms with Crippen LogP contribution in [-0.2, 0) is 65.4 Å². The molecule has 0 bridgehead atoms. The summed E-state index contributed by atoms with van der Waals surface area (Å²) in [6, 6.07) is 0. The maximum absolute atomic E-state index is 13.1. The largest absolute Gasteiger partial charge is 0.472 e. The molecule has 0 spiro atoms. The first-order valence-corrected chi connectivity index (χ1v) is 43.9. The summed E-state index contributed by atoms with van der Waals surface area (Å²) in [5.41, 5.74) is 0. The highest BCUT2D eigenvalue weighted by atomic mass is 31.2. The van der Waals surface area contributed by atoms with Gasteiger partial charge in [0.05, 0.1) is 26.4 Å². The van der Waals surface area contributed by atoms with Crippen LogP contribution >= 0.6 is 15.6 Å². The molecule has 0 fully saturated rings. The summed E-state index contributed by atoms with van der Waals surface area (Å²) < 4.78 is 68.6. The lowest BCUT2D eigenvalue weighted by molar-refractivity contribution is -0.161. The standard InChI is InChI=1S/C79H154O17P2/c1-8-10-11-12-13-14-15-16-17-18-21-24-27-33-38-46-53-60-76(81)89-66-74(95-78(83)62-55-48-39-34-28-25-22-19-20-23-26-31-36-43-50-57-70(3)4)68-93-97(85,86)91-64-73(80)65-92-98(87,88)94-69-75(67-90-77(82)61-54-47-42-41-44-51-58-71(5)6)96-79(84)63-56-49-40-35-30-29-32-37-45-52-59-72(7)9-2/h70-75,80H,8-69H2,1-7H3,(H,85,86)(H,87,88)/t72?,73-,74-,75-/m1/s1. The molecule has 0 rings (SSSR count). The Labute approximate surface area is 600 Å². The van der Waals surface area contributed by atoms with Gasteiger partial charge in [0, 0.05) is 25.7 Å². The molecular formula is C79H154O17P2. The third-order valence-corrected chi connectivity index (χ3v) is 20.6. The molecule has 0 aliphatic rings. The van der Waals surface area contributed by atoms with Gasteiger partial charge in [-0.1, -0.05) is 357 Å². The van der Waals surface area contributed by atoms with E-state index in [1.54, 1.807) is 0 Å². The van der Waals surface area contributed by atoms with E-state index in [0.717, 1.165) is 108 Å². The quantitative estimate of drug-likeness (QED) is 0.0222. The Hall–Kier alpha value is -1.94. The summed E-state index contributed by atoms with van der Waals surface area (Å²) in [4.78, 5) is 72.9. The van der Waals surface area contributed by atoms with Crippen molar-refractivity contribution < 1.29 is 80.2 Å². The molecule has 3 N–H and O–H groups in total. The van der Waals surface area contributed by atoms with Crippen LogP contribution in [0.2, 0.25) is 0 Å². The average Bonchev–Trinajstić information content (AvgIpc) is 1.13. The number of phosphoric ester groups is 2. The predicted octanol–water partition coefficient (Wildman–Crippen LogP) is 23.4. The highest BCUT2D eigenvalue weighted by molar-refractivity contribution is 7.47. The number of phosphoric acid groups is 2. The number of hydrogen-bond donors (Lipinski definition) is 3. The second-order valence-electron chi connectivity index (χ2n) is 29.6. The van der Waals surface area contributed by atoms with E-state index in [2.05, 4.69) is 48.5 Å². The van der Waals surface area contributed by atoms with Crippen LogP contribution in [0.1, 0.15) is 408 Å². The van der Waals surface area contributed by atoms with Crippen molar-refractivity contribution in [2.75, 3.05) is 39.6 Å². The van der Waals surface area contributed by atoms with Gasteiger partial charge in [0.15, 0.2) is 12.2 Å². The molecule has 0 heterocycles. The van der Waals surface area contributed by atoms with Gasteiger partial charge < -0.3 is 33.8 Å². The number of rotatable bonds is 77. The van der Waals surface area contributed by atoms with Gasteiger partial charge in [0.25, 0.3) is 0 Å². The summed E-state index contributed by atoms with van der Waals surface area (Å²) in [6.45, 7) is 11.9. The molecule has 0 amide bonds. The van der Waals surface area contributed by atoms with E-state index in [0.29, 0.717) is 31.6 Å². The molecule has 0 aromatic carbocycles. The molecule has 0 aromatic heterocycles. The Morgan fingerprint density at radius 2 is 0.520 bits per heavy atom. The molecule has 19 heteroatoms. The number of hydrogen-bond acceptors (Lipinski definition) is 15. The number of ether oxygens (including phenoxy) is 4. The summed E-state index contributed by atoms with van der Waals surface area (Å²) in [5.74, 6) is 0.170. The SMILES string of the molecule is CCCCCCCCCCCCCCCCCCCC(=O)OC[C@H](COP(=O)(O)OC[C@@H](O)COP(=O)(O)OC[C@@H](COC(=O)CCCCCCCCC(C)C)OC(=O)CCCCCCCCCCCCC(C)CC)OC(=O)CCCCCCCCCCCCCCCCCC(C)C. The monoisotopic (exact) mass is 1440 g/mol. The molecule has 0 aliphatic heterocycles. The molecule has 0 radical (unpaired) electrons. The van der Waals surface area contributed by atoms with E-state index in [1.165, 1.54) is 212 Å². The van der Waals surface area contributed by atoms with Crippen LogP contribution in [0.4, 0.5) is 0 Å². The molecule has 3 unspecified atom stereocenters. The fourth-order valence-corrected chi connectivity index (χ4v) is 13.7. The number of carbonyl (C=O) groups is 4. The number of aliphatic hydroxyl groups excluding tert-OH is 1. The number of carbonyl (C=O) groups excluding carboxylic acids is 4. The summed E-state index contributed by atoms with van der Waals surface area (Å²) in [5, 5.41) is 10.6. The first-order chi connectivity index (χ1) is 47.3. The minimum absolute atomic E-state index is 0.105. The van der Waals surface area contributed by atoms with E-state index in [9.17, 15) is 43.2 Å². The van der Waals surface area contributed by atoms with E-state index < -0.39 is 97.5 Å². The lowest BCUT2D eigenvalue weighted by Crippen LogP contribution is -2.30. The van der Waals surface area contributed by atoms with Gasteiger partial charge in [0.2, 0.25) is 0 Å². The van der Waals surface area contributed by atoms with Crippen molar-refractivity contribution in [3.8, 4) is 0 Å². The predicted molar refractivity (Wildman–Crippen MR) is 400 cm³/mol. The first-order valence-electron chi connectivity index (χ1n) is 40.9. The van der Waals surface area contributed by atoms with Gasteiger partial charge in [-0.3, -0.25) is 37.3 Å². The number of aliphatic hydroxyl groups is 1. The van der Waals surface area contributed by atoms with Gasteiger partial charge in [-0.2, -0.15) is 0 Å². The Morgan fingerprint density at radius 1 is 0.296 bits per heavy atom. The zero-order chi connectivity index (χ0) is 72.3. The number of esters is 4. The fraction of sp³-hybridized carbons (Fsp3) is 0.949. The van der Waals surface area contributed by atoms with Crippen molar-refractivity contribution in [2.45, 2.75) is 426 Å². The third-order valence-electron chi connectivity index (χ3n) is 18.7. The lowest BCUT2D eigenvalue weighted by Gasteiger charge is -2.21. The summed E-state index contributed by atoms with van der Waals surface area (Å²) in [7, 11) is -9.92. The highest BCUT2D eigenvalue weighted by Crippen LogP contribution is 2.45. The maximum atomic E-state index is 13.1.